The third-order valence-corrected chi connectivity index (χ3v) is 3.72. The standard InChI is InChI=1S/C12H15FN2/c13-10-2-1-9-3-6-15(11(9)7-10)12(8-14)4-5-12/h1-2,7H,3-6,8,14H2. The topological polar surface area (TPSA) is 29.3 Å². The average molecular weight is 206 g/mol. The smallest absolute Gasteiger partial charge is 0.125 e. The fourth-order valence-electron chi connectivity index (χ4n) is 2.57. The normalized spacial score (nSPS) is 21.6. The Bertz CT molecular complexity index is 399. The fraction of sp³-hybridized carbons (Fsp3) is 0.500. The Morgan fingerprint density at radius 1 is 1.40 bits per heavy atom. The minimum absolute atomic E-state index is 0.145. The van der Waals surface area contributed by atoms with Crippen LogP contribution in [0.25, 0.3) is 0 Å². The van der Waals surface area contributed by atoms with Crippen LogP contribution in [0.4, 0.5) is 10.1 Å². The number of hydrogen-bond acceptors (Lipinski definition) is 2. The van der Waals surface area contributed by atoms with Crippen LogP contribution in [0.5, 0.6) is 0 Å². The number of rotatable bonds is 2. The maximum atomic E-state index is 13.2. The van der Waals surface area contributed by atoms with Gasteiger partial charge in [-0.25, -0.2) is 4.39 Å². The van der Waals surface area contributed by atoms with Crippen molar-refractivity contribution in [3.63, 3.8) is 0 Å². The molecule has 1 aromatic carbocycles. The number of nitrogens with zero attached hydrogens (tertiary/aromatic N) is 1. The van der Waals surface area contributed by atoms with E-state index in [1.54, 1.807) is 12.1 Å². The first kappa shape index (κ1) is 9.16. The van der Waals surface area contributed by atoms with Crippen LogP contribution >= 0.6 is 0 Å². The molecule has 0 saturated heterocycles. The van der Waals surface area contributed by atoms with Gasteiger partial charge >= 0.3 is 0 Å². The highest BCUT2D eigenvalue weighted by atomic mass is 19.1. The van der Waals surface area contributed by atoms with E-state index in [4.69, 9.17) is 5.73 Å². The lowest BCUT2D eigenvalue weighted by Crippen LogP contribution is -2.42. The van der Waals surface area contributed by atoms with E-state index < -0.39 is 0 Å². The summed E-state index contributed by atoms with van der Waals surface area (Å²) in [6.45, 7) is 1.68. The second-order valence-electron chi connectivity index (χ2n) is 4.60. The third-order valence-electron chi connectivity index (χ3n) is 3.72. The number of fused-ring (bicyclic) bond motifs is 1. The van der Waals surface area contributed by atoms with Crippen LogP contribution in [0, 0.1) is 5.82 Å². The Labute approximate surface area is 88.9 Å². The summed E-state index contributed by atoms with van der Waals surface area (Å²) in [5.74, 6) is -0.145. The lowest BCUT2D eigenvalue weighted by Gasteiger charge is -2.29. The van der Waals surface area contributed by atoms with E-state index in [-0.39, 0.29) is 11.4 Å². The molecule has 1 aliphatic carbocycles. The zero-order chi connectivity index (χ0) is 10.5. The Hall–Kier alpha value is -1.09. The first-order valence-corrected chi connectivity index (χ1v) is 5.51. The monoisotopic (exact) mass is 206 g/mol. The Morgan fingerprint density at radius 2 is 2.20 bits per heavy atom. The van der Waals surface area contributed by atoms with Crippen molar-refractivity contribution >= 4 is 5.69 Å². The van der Waals surface area contributed by atoms with Gasteiger partial charge in [0.1, 0.15) is 5.82 Å². The zero-order valence-corrected chi connectivity index (χ0v) is 8.67. The minimum atomic E-state index is -0.145. The Morgan fingerprint density at radius 3 is 2.87 bits per heavy atom. The van der Waals surface area contributed by atoms with Gasteiger partial charge in [-0.1, -0.05) is 6.07 Å². The van der Waals surface area contributed by atoms with Crippen molar-refractivity contribution in [1.29, 1.82) is 0 Å². The van der Waals surface area contributed by atoms with Gasteiger partial charge < -0.3 is 10.6 Å². The molecule has 3 rings (SSSR count). The molecule has 0 unspecified atom stereocenters. The van der Waals surface area contributed by atoms with Crippen molar-refractivity contribution in [2.75, 3.05) is 18.0 Å². The second kappa shape index (κ2) is 2.95. The molecule has 80 valence electrons. The summed E-state index contributed by atoms with van der Waals surface area (Å²) < 4.78 is 13.2. The summed E-state index contributed by atoms with van der Waals surface area (Å²) in [6, 6.07) is 5.10. The van der Waals surface area contributed by atoms with Gasteiger partial charge in [0.15, 0.2) is 0 Å². The molecule has 1 heterocycles. The highest BCUT2D eigenvalue weighted by Gasteiger charge is 2.48. The highest BCUT2D eigenvalue weighted by Crippen LogP contribution is 2.46. The van der Waals surface area contributed by atoms with E-state index >= 15 is 0 Å². The van der Waals surface area contributed by atoms with Gasteiger partial charge in [-0.2, -0.15) is 0 Å². The minimum Gasteiger partial charge on any atom is -0.364 e. The van der Waals surface area contributed by atoms with Crippen LogP contribution in [-0.4, -0.2) is 18.6 Å². The van der Waals surface area contributed by atoms with E-state index in [1.165, 1.54) is 5.56 Å². The van der Waals surface area contributed by atoms with Gasteiger partial charge in [0.05, 0.1) is 5.54 Å². The highest BCUT2D eigenvalue weighted by molar-refractivity contribution is 5.61. The molecule has 1 fully saturated rings. The molecule has 0 aromatic heterocycles. The van der Waals surface area contributed by atoms with Crippen molar-refractivity contribution in [3.05, 3.63) is 29.6 Å². The first-order chi connectivity index (χ1) is 7.25. The molecule has 0 amide bonds. The molecule has 0 atom stereocenters. The molecule has 1 aliphatic heterocycles. The van der Waals surface area contributed by atoms with Crippen molar-refractivity contribution < 1.29 is 4.39 Å². The van der Waals surface area contributed by atoms with E-state index in [9.17, 15) is 4.39 Å². The lowest BCUT2D eigenvalue weighted by molar-refractivity contribution is 0.602. The summed E-state index contributed by atoms with van der Waals surface area (Å²) in [5, 5.41) is 0. The molecule has 0 bridgehead atoms. The van der Waals surface area contributed by atoms with Crippen LogP contribution in [0.3, 0.4) is 0 Å². The largest absolute Gasteiger partial charge is 0.364 e. The lowest BCUT2D eigenvalue weighted by atomic mass is 10.1. The van der Waals surface area contributed by atoms with E-state index in [1.807, 2.05) is 6.07 Å². The van der Waals surface area contributed by atoms with Gasteiger partial charge in [-0.3, -0.25) is 0 Å². The van der Waals surface area contributed by atoms with Gasteiger partial charge in [-0.15, -0.1) is 0 Å². The van der Waals surface area contributed by atoms with E-state index in [0.717, 1.165) is 31.5 Å². The average Bonchev–Trinajstić information content (AvgIpc) is 2.93. The third kappa shape index (κ3) is 1.26. The number of halogens is 1. The van der Waals surface area contributed by atoms with Gasteiger partial charge in [0.2, 0.25) is 0 Å². The van der Waals surface area contributed by atoms with Gasteiger partial charge in [0, 0.05) is 18.8 Å². The molecule has 2 nitrogen and oxygen atoms in total. The summed E-state index contributed by atoms with van der Waals surface area (Å²) >= 11 is 0. The van der Waals surface area contributed by atoms with Crippen molar-refractivity contribution in [1.82, 2.24) is 0 Å². The zero-order valence-electron chi connectivity index (χ0n) is 8.67. The van der Waals surface area contributed by atoms with Crippen LogP contribution in [0.15, 0.2) is 18.2 Å². The molecule has 1 saturated carbocycles. The van der Waals surface area contributed by atoms with E-state index in [0.29, 0.717) is 6.54 Å². The van der Waals surface area contributed by atoms with Crippen molar-refractivity contribution in [3.8, 4) is 0 Å². The number of anilines is 1. The fourth-order valence-corrected chi connectivity index (χ4v) is 2.57. The van der Waals surface area contributed by atoms with Crippen LogP contribution in [0.2, 0.25) is 0 Å². The number of hydrogen-bond donors (Lipinski definition) is 1. The molecular weight excluding hydrogens is 191 g/mol. The van der Waals surface area contributed by atoms with E-state index in [2.05, 4.69) is 4.90 Å². The van der Waals surface area contributed by atoms with Crippen LogP contribution in [0.1, 0.15) is 18.4 Å². The molecule has 1 aromatic rings. The molecule has 2 N–H and O–H groups in total. The van der Waals surface area contributed by atoms with Gasteiger partial charge in [0.25, 0.3) is 0 Å². The summed E-state index contributed by atoms with van der Waals surface area (Å²) in [5.41, 5.74) is 8.29. The number of benzene rings is 1. The van der Waals surface area contributed by atoms with Crippen molar-refractivity contribution in [2.45, 2.75) is 24.8 Å². The summed E-state index contributed by atoms with van der Waals surface area (Å²) in [6.07, 6.45) is 3.33. The predicted octanol–water partition coefficient (Wildman–Crippen LogP) is 1.68. The van der Waals surface area contributed by atoms with Gasteiger partial charge in [-0.05, 0) is 37.0 Å². The predicted molar refractivity (Wildman–Crippen MR) is 58.5 cm³/mol. The molecule has 0 spiro atoms. The summed E-state index contributed by atoms with van der Waals surface area (Å²) in [7, 11) is 0. The number of nitrogens with two attached hydrogens (primary N) is 1. The molecule has 3 heteroatoms. The van der Waals surface area contributed by atoms with Crippen LogP contribution < -0.4 is 10.6 Å². The maximum Gasteiger partial charge on any atom is 0.125 e. The molecular formula is C12H15FN2. The second-order valence-corrected chi connectivity index (χ2v) is 4.60. The molecule has 0 radical (unpaired) electrons. The Balaban J connectivity index is 2.00. The molecule has 15 heavy (non-hydrogen) atoms. The SMILES string of the molecule is NCC1(N2CCc3ccc(F)cc32)CC1. The maximum absolute atomic E-state index is 13.2. The summed E-state index contributed by atoms with van der Waals surface area (Å²) in [4.78, 5) is 2.31. The Kier molecular flexibility index (Phi) is 1.80. The first-order valence-electron chi connectivity index (χ1n) is 5.51. The molecule has 2 aliphatic rings. The quantitative estimate of drug-likeness (QED) is 0.797. The van der Waals surface area contributed by atoms with Crippen LogP contribution in [-0.2, 0) is 6.42 Å². The van der Waals surface area contributed by atoms with Crippen molar-refractivity contribution in [2.24, 2.45) is 5.73 Å².